The van der Waals surface area contributed by atoms with Crippen molar-refractivity contribution >= 4 is 11.6 Å². The van der Waals surface area contributed by atoms with Crippen LogP contribution < -0.4 is 0 Å². The maximum absolute atomic E-state index is 8.90. The molecule has 0 aromatic rings. The van der Waals surface area contributed by atoms with E-state index in [1.54, 1.807) is 5.54 Å². The summed E-state index contributed by atoms with van der Waals surface area (Å²) in [4.78, 5) is 2.21. The normalized spacial score (nSPS) is 25.6. The van der Waals surface area contributed by atoms with Crippen molar-refractivity contribution in [1.82, 2.24) is 4.90 Å². The van der Waals surface area contributed by atoms with Gasteiger partial charge in [0.25, 0.3) is 0 Å². The second kappa shape index (κ2) is 5.26. The number of hydrogen-bond acceptors (Lipinski definition) is 2. The van der Waals surface area contributed by atoms with Gasteiger partial charge in [-0.05, 0) is 38.3 Å². The number of piperidine rings is 1. The minimum absolute atomic E-state index is 0.0975. The van der Waals surface area contributed by atoms with Crippen LogP contribution in [0.4, 0.5) is 0 Å². The molecule has 1 atom stereocenters. The van der Waals surface area contributed by atoms with E-state index in [0.29, 0.717) is 0 Å². The molecule has 0 bridgehead atoms. The highest BCUT2D eigenvalue weighted by Crippen LogP contribution is 2.17. The summed E-state index contributed by atoms with van der Waals surface area (Å²) in [5, 5.41) is 8.90. The molecule has 0 aromatic carbocycles. The number of nitriles is 1. The third kappa shape index (κ3) is 3.02. The molecule has 2 nitrogen and oxygen atoms in total. The van der Waals surface area contributed by atoms with Gasteiger partial charge in [0.05, 0.1) is 12.1 Å². The number of hydrogen-bond donors (Lipinski definition) is 0. The largest absolute Gasteiger partial charge is 0.284 e. The quantitative estimate of drug-likeness (QED) is 0.682. The van der Waals surface area contributed by atoms with Crippen molar-refractivity contribution < 1.29 is 0 Å². The van der Waals surface area contributed by atoms with Crippen LogP contribution in [0.25, 0.3) is 0 Å². The molecule has 0 aromatic heterocycles. The number of rotatable bonds is 2. The molecular weight excluding hydrogens is 184 g/mol. The lowest BCUT2D eigenvalue weighted by molar-refractivity contribution is 0.200. The van der Waals surface area contributed by atoms with Crippen molar-refractivity contribution in [3.8, 4) is 6.07 Å². The molecule has 0 spiro atoms. The minimum Gasteiger partial charge on any atom is -0.284 e. The highest BCUT2D eigenvalue weighted by Gasteiger charge is 2.21. The summed E-state index contributed by atoms with van der Waals surface area (Å²) < 4.78 is 0. The van der Waals surface area contributed by atoms with Gasteiger partial charge in [0.15, 0.2) is 0 Å². The summed E-state index contributed by atoms with van der Waals surface area (Å²) >= 11 is 5.59. The van der Waals surface area contributed by atoms with E-state index in [2.05, 4.69) is 11.0 Å². The summed E-state index contributed by atoms with van der Waals surface area (Å²) in [7, 11) is 0. The number of halogens is 1. The van der Waals surface area contributed by atoms with E-state index >= 15 is 0 Å². The zero-order valence-electron chi connectivity index (χ0n) is 7.96. The van der Waals surface area contributed by atoms with Crippen molar-refractivity contribution in [2.24, 2.45) is 0 Å². The van der Waals surface area contributed by atoms with Crippen LogP contribution in [-0.4, -0.2) is 24.0 Å². The van der Waals surface area contributed by atoms with Crippen molar-refractivity contribution in [3.63, 3.8) is 0 Å². The third-order valence-electron chi connectivity index (χ3n) is 2.40. The van der Waals surface area contributed by atoms with Crippen molar-refractivity contribution in [2.45, 2.75) is 32.2 Å². The SMILES string of the molecule is CC(=CCl)CN1CCCCC1C#N. The molecule has 0 aliphatic carbocycles. The zero-order valence-corrected chi connectivity index (χ0v) is 8.72. The average molecular weight is 199 g/mol. The lowest BCUT2D eigenvalue weighted by atomic mass is 10.0. The van der Waals surface area contributed by atoms with E-state index in [1.807, 2.05) is 6.92 Å². The van der Waals surface area contributed by atoms with Crippen LogP contribution in [0.5, 0.6) is 0 Å². The maximum Gasteiger partial charge on any atom is 0.0980 e. The Labute approximate surface area is 84.8 Å². The zero-order chi connectivity index (χ0) is 9.68. The summed E-state index contributed by atoms with van der Waals surface area (Å²) in [5.74, 6) is 0. The molecule has 1 unspecified atom stereocenters. The molecule has 1 aliphatic rings. The lowest BCUT2D eigenvalue weighted by Crippen LogP contribution is -2.39. The predicted octanol–water partition coefficient (Wildman–Crippen LogP) is 2.51. The molecule has 0 saturated carbocycles. The summed E-state index contributed by atoms with van der Waals surface area (Å²) in [6, 6.07) is 2.44. The molecule has 1 aliphatic heterocycles. The van der Waals surface area contributed by atoms with E-state index < -0.39 is 0 Å². The van der Waals surface area contributed by atoms with Gasteiger partial charge in [0.2, 0.25) is 0 Å². The summed E-state index contributed by atoms with van der Waals surface area (Å²) in [6.07, 6.45) is 3.39. The average Bonchev–Trinajstić information content (AvgIpc) is 2.18. The number of nitrogens with zero attached hydrogens (tertiary/aromatic N) is 2. The molecule has 0 amide bonds. The Balaban J connectivity index is 2.51. The van der Waals surface area contributed by atoms with Gasteiger partial charge in [-0.1, -0.05) is 11.6 Å². The second-order valence-corrected chi connectivity index (χ2v) is 3.78. The molecule has 13 heavy (non-hydrogen) atoms. The molecule has 1 saturated heterocycles. The standard InChI is InChI=1S/C10H15ClN2/c1-9(6-11)8-13-5-3-2-4-10(13)7-12/h6,10H,2-5,8H2,1H3. The van der Waals surface area contributed by atoms with Gasteiger partial charge >= 0.3 is 0 Å². The highest BCUT2D eigenvalue weighted by molar-refractivity contribution is 6.25. The summed E-state index contributed by atoms with van der Waals surface area (Å²) in [6.45, 7) is 3.86. The highest BCUT2D eigenvalue weighted by atomic mass is 35.5. The second-order valence-electron chi connectivity index (χ2n) is 3.57. The molecule has 3 heteroatoms. The predicted molar refractivity (Wildman–Crippen MR) is 54.4 cm³/mol. The molecule has 0 N–H and O–H groups in total. The third-order valence-corrected chi connectivity index (χ3v) is 2.77. The van der Waals surface area contributed by atoms with E-state index in [1.165, 1.54) is 12.8 Å². The maximum atomic E-state index is 8.90. The van der Waals surface area contributed by atoms with Crippen LogP contribution in [0.15, 0.2) is 11.1 Å². The first-order chi connectivity index (χ1) is 6.27. The van der Waals surface area contributed by atoms with Crippen molar-refractivity contribution in [1.29, 1.82) is 5.26 Å². The molecular formula is C10H15ClN2. The van der Waals surface area contributed by atoms with Gasteiger partial charge in [0, 0.05) is 12.1 Å². The Morgan fingerprint density at radius 2 is 2.46 bits per heavy atom. The first kappa shape index (κ1) is 10.6. The Bertz CT molecular complexity index is 230. The monoisotopic (exact) mass is 198 g/mol. The van der Waals surface area contributed by atoms with E-state index in [0.717, 1.165) is 25.1 Å². The van der Waals surface area contributed by atoms with Crippen LogP contribution in [-0.2, 0) is 0 Å². The van der Waals surface area contributed by atoms with Gasteiger partial charge in [-0.15, -0.1) is 0 Å². The Morgan fingerprint density at radius 1 is 1.69 bits per heavy atom. The van der Waals surface area contributed by atoms with Crippen LogP contribution in [0.1, 0.15) is 26.2 Å². The van der Waals surface area contributed by atoms with Gasteiger partial charge in [-0.3, -0.25) is 4.90 Å². The Hall–Kier alpha value is -0.520. The Kier molecular flexibility index (Phi) is 4.27. The first-order valence-electron chi connectivity index (χ1n) is 4.67. The molecule has 1 rings (SSSR count). The van der Waals surface area contributed by atoms with E-state index in [4.69, 9.17) is 16.9 Å². The topological polar surface area (TPSA) is 27.0 Å². The molecule has 0 radical (unpaired) electrons. The van der Waals surface area contributed by atoms with Gasteiger partial charge in [-0.2, -0.15) is 5.26 Å². The smallest absolute Gasteiger partial charge is 0.0980 e. The number of likely N-dealkylation sites (tertiary alicyclic amines) is 1. The van der Waals surface area contributed by atoms with Crippen molar-refractivity contribution in [2.75, 3.05) is 13.1 Å². The Morgan fingerprint density at radius 3 is 3.08 bits per heavy atom. The van der Waals surface area contributed by atoms with Gasteiger partial charge < -0.3 is 0 Å². The van der Waals surface area contributed by atoms with Gasteiger partial charge in [-0.25, -0.2) is 0 Å². The van der Waals surface area contributed by atoms with Crippen LogP contribution in [0, 0.1) is 11.3 Å². The molecule has 72 valence electrons. The summed E-state index contributed by atoms with van der Waals surface area (Å²) in [5.41, 5.74) is 2.73. The minimum atomic E-state index is 0.0975. The van der Waals surface area contributed by atoms with Crippen molar-refractivity contribution in [3.05, 3.63) is 11.1 Å². The molecule has 1 heterocycles. The van der Waals surface area contributed by atoms with Crippen LogP contribution in [0.3, 0.4) is 0 Å². The van der Waals surface area contributed by atoms with E-state index in [9.17, 15) is 0 Å². The molecule has 1 fully saturated rings. The first-order valence-corrected chi connectivity index (χ1v) is 5.11. The van der Waals surface area contributed by atoms with Crippen LogP contribution in [0.2, 0.25) is 0 Å². The van der Waals surface area contributed by atoms with Crippen LogP contribution >= 0.6 is 11.6 Å². The fraction of sp³-hybridized carbons (Fsp3) is 0.700. The van der Waals surface area contributed by atoms with E-state index in [-0.39, 0.29) is 6.04 Å². The fourth-order valence-corrected chi connectivity index (χ4v) is 1.75. The fourth-order valence-electron chi connectivity index (χ4n) is 1.68. The van der Waals surface area contributed by atoms with Gasteiger partial charge in [0.1, 0.15) is 0 Å². The lowest BCUT2D eigenvalue weighted by Gasteiger charge is -2.31.